The molecule has 0 spiro atoms. The number of carbonyl (C=O) groups excluding carboxylic acids is 1. The van der Waals surface area contributed by atoms with E-state index in [9.17, 15) is 13.6 Å². The molecule has 0 unspecified atom stereocenters. The summed E-state index contributed by atoms with van der Waals surface area (Å²) in [6, 6.07) is 8.20. The molecule has 0 radical (unpaired) electrons. The van der Waals surface area contributed by atoms with Crippen LogP contribution in [0.3, 0.4) is 0 Å². The van der Waals surface area contributed by atoms with E-state index in [-0.39, 0.29) is 59.0 Å². The van der Waals surface area contributed by atoms with Crippen LogP contribution in [0.5, 0.6) is 11.5 Å². The molecule has 3 aromatic rings. The van der Waals surface area contributed by atoms with E-state index in [1.165, 1.54) is 44.8 Å². The Hall–Kier alpha value is -3.99. The molecule has 2 aromatic carbocycles. The number of amides is 1. The van der Waals surface area contributed by atoms with Crippen LogP contribution in [0, 0.1) is 11.6 Å². The largest absolute Gasteiger partial charge is 0.494 e. The van der Waals surface area contributed by atoms with Crippen LogP contribution in [0.1, 0.15) is 29.8 Å². The van der Waals surface area contributed by atoms with Crippen molar-refractivity contribution in [2.75, 3.05) is 37.5 Å². The van der Waals surface area contributed by atoms with Gasteiger partial charge in [0.1, 0.15) is 12.4 Å². The SMILES string of the molecule is CNC(=O)c1cc(COc2cnc(Nc3ccc(N4C[C@@H](C)N[C@@H](C)C4)c(F)c3)nc2)c(F)c(OC)c1. The summed E-state index contributed by atoms with van der Waals surface area (Å²) in [6.07, 6.45) is 2.84. The lowest BCUT2D eigenvalue weighted by atomic mass is 10.1. The van der Waals surface area contributed by atoms with Crippen LogP contribution in [0.4, 0.5) is 26.1 Å². The lowest BCUT2D eigenvalue weighted by molar-refractivity contribution is 0.0962. The molecule has 1 fully saturated rings. The van der Waals surface area contributed by atoms with Crippen molar-refractivity contribution in [1.29, 1.82) is 0 Å². The number of hydrogen-bond acceptors (Lipinski definition) is 8. The highest BCUT2D eigenvalue weighted by Crippen LogP contribution is 2.27. The summed E-state index contributed by atoms with van der Waals surface area (Å²) in [5.41, 5.74) is 1.45. The topological polar surface area (TPSA) is 101 Å². The lowest BCUT2D eigenvalue weighted by Gasteiger charge is -2.37. The highest BCUT2D eigenvalue weighted by Gasteiger charge is 2.23. The van der Waals surface area contributed by atoms with Crippen molar-refractivity contribution in [2.45, 2.75) is 32.5 Å². The number of carbonyl (C=O) groups is 1. The zero-order valence-electron chi connectivity index (χ0n) is 21.1. The van der Waals surface area contributed by atoms with Gasteiger partial charge in [-0.05, 0) is 44.2 Å². The molecular formula is C26H30F2N6O3. The highest BCUT2D eigenvalue weighted by atomic mass is 19.1. The first kappa shape index (κ1) is 26.1. The number of anilines is 3. The van der Waals surface area contributed by atoms with E-state index in [0.717, 1.165) is 13.1 Å². The number of rotatable bonds is 8. The smallest absolute Gasteiger partial charge is 0.251 e. The molecule has 0 bridgehead atoms. The Kier molecular flexibility index (Phi) is 8.02. The van der Waals surface area contributed by atoms with Crippen molar-refractivity contribution < 1.29 is 23.0 Å². The summed E-state index contributed by atoms with van der Waals surface area (Å²) < 4.78 is 40.2. The molecule has 1 amide bonds. The highest BCUT2D eigenvalue weighted by molar-refractivity contribution is 5.94. The van der Waals surface area contributed by atoms with Gasteiger partial charge in [0.05, 0.1) is 25.2 Å². The number of halogens is 2. The second-order valence-electron chi connectivity index (χ2n) is 8.93. The number of nitrogens with zero attached hydrogens (tertiary/aromatic N) is 3. The number of benzene rings is 2. The minimum absolute atomic E-state index is 0.0604. The van der Waals surface area contributed by atoms with E-state index in [1.807, 2.05) is 4.90 Å². The number of ether oxygens (including phenoxy) is 2. The van der Waals surface area contributed by atoms with Crippen molar-refractivity contribution in [2.24, 2.45) is 0 Å². The molecule has 9 nitrogen and oxygen atoms in total. The van der Waals surface area contributed by atoms with E-state index >= 15 is 0 Å². The molecule has 37 heavy (non-hydrogen) atoms. The number of methoxy groups -OCH3 is 1. The van der Waals surface area contributed by atoms with Gasteiger partial charge in [0.2, 0.25) is 5.95 Å². The van der Waals surface area contributed by atoms with Crippen LogP contribution in [0.25, 0.3) is 0 Å². The number of aromatic nitrogens is 2. The second kappa shape index (κ2) is 11.4. The fourth-order valence-corrected chi connectivity index (χ4v) is 4.29. The van der Waals surface area contributed by atoms with Gasteiger partial charge in [0.25, 0.3) is 5.91 Å². The Morgan fingerprint density at radius 2 is 1.84 bits per heavy atom. The summed E-state index contributed by atoms with van der Waals surface area (Å²) in [4.78, 5) is 22.4. The Balaban J connectivity index is 1.40. The fourth-order valence-electron chi connectivity index (χ4n) is 4.29. The molecule has 2 heterocycles. The van der Waals surface area contributed by atoms with Gasteiger partial charge < -0.3 is 30.3 Å². The number of hydrogen-bond donors (Lipinski definition) is 3. The average molecular weight is 513 g/mol. The Bertz CT molecular complexity index is 1250. The maximum absolute atomic E-state index is 14.9. The molecule has 0 aliphatic carbocycles. The molecule has 4 rings (SSSR count). The third-order valence-corrected chi connectivity index (χ3v) is 5.95. The Labute approximate surface area is 214 Å². The maximum atomic E-state index is 14.9. The van der Waals surface area contributed by atoms with Crippen LogP contribution in [0.15, 0.2) is 42.7 Å². The first-order valence-corrected chi connectivity index (χ1v) is 11.9. The van der Waals surface area contributed by atoms with Crippen LogP contribution in [-0.2, 0) is 6.61 Å². The first-order chi connectivity index (χ1) is 17.8. The molecule has 3 N–H and O–H groups in total. The van der Waals surface area contributed by atoms with Crippen LogP contribution in [0.2, 0.25) is 0 Å². The summed E-state index contributed by atoms with van der Waals surface area (Å²) in [5, 5.41) is 8.91. The van der Waals surface area contributed by atoms with Gasteiger partial charge in [-0.2, -0.15) is 0 Å². The van der Waals surface area contributed by atoms with Crippen molar-refractivity contribution in [3.63, 3.8) is 0 Å². The predicted octanol–water partition coefficient (Wildman–Crippen LogP) is 3.63. The standard InChI is InChI=1S/C26H30F2N6O3/c1-15-12-34(13-16(2)32-15)22-6-5-19(9-21(22)27)33-26-30-10-20(11-31-26)37-14-18-7-17(25(35)29-3)8-23(36-4)24(18)28/h5-11,15-16,32H,12-14H2,1-4H3,(H,29,35)(H,30,31,33)/t15-,16+. The van der Waals surface area contributed by atoms with E-state index in [1.54, 1.807) is 12.1 Å². The molecule has 2 atom stereocenters. The van der Waals surface area contributed by atoms with Crippen LogP contribution in [-0.4, -0.2) is 55.2 Å². The van der Waals surface area contributed by atoms with Crippen molar-refractivity contribution in [3.8, 4) is 11.5 Å². The molecule has 196 valence electrons. The fraction of sp³-hybridized carbons (Fsp3) is 0.346. The molecule has 0 saturated carbocycles. The van der Waals surface area contributed by atoms with Gasteiger partial charge in [-0.15, -0.1) is 0 Å². The maximum Gasteiger partial charge on any atom is 0.251 e. The summed E-state index contributed by atoms with van der Waals surface area (Å²) in [6.45, 7) is 5.45. The quantitative estimate of drug-likeness (QED) is 0.421. The van der Waals surface area contributed by atoms with Gasteiger partial charge in [-0.1, -0.05) is 0 Å². The van der Waals surface area contributed by atoms with Crippen molar-refractivity contribution in [1.82, 2.24) is 20.6 Å². The number of nitrogens with one attached hydrogen (secondary N) is 3. The summed E-state index contributed by atoms with van der Waals surface area (Å²) in [5.74, 6) is -0.849. The first-order valence-electron chi connectivity index (χ1n) is 11.9. The average Bonchev–Trinajstić information content (AvgIpc) is 2.88. The monoisotopic (exact) mass is 512 g/mol. The molecular weight excluding hydrogens is 482 g/mol. The Morgan fingerprint density at radius 1 is 1.14 bits per heavy atom. The number of piperazine rings is 1. The third kappa shape index (κ3) is 6.23. The van der Waals surface area contributed by atoms with Crippen LogP contribution >= 0.6 is 0 Å². The molecule has 1 saturated heterocycles. The van der Waals surface area contributed by atoms with E-state index < -0.39 is 5.82 Å². The van der Waals surface area contributed by atoms with E-state index in [0.29, 0.717) is 11.4 Å². The van der Waals surface area contributed by atoms with Gasteiger partial charge in [0.15, 0.2) is 17.3 Å². The zero-order chi connectivity index (χ0) is 26.5. The summed E-state index contributed by atoms with van der Waals surface area (Å²) in [7, 11) is 2.80. The third-order valence-electron chi connectivity index (χ3n) is 5.95. The predicted molar refractivity (Wildman–Crippen MR) is 137 cm³/mol. The van der Waals surface area contributed by atoms with Gasteiger partial charge in [-0.25, -0.2) is 18.7 Å². The normalized spacial score (nSPS) is 17.3. The van der Waals surface area contributed by atoms with Crippen molar-refractivity contribution in [3.05, 3.63) is 65.5 Å². The molecule has 1 aliphatic heterocycles. The van der Waals surface area contributed by atoms with E-state index in [4.69, 9.17) is 9.47 Å². The summed E-state index contributed by atoms with van der Waals surface area (Å²) >= 11 is 0. The molecule has 1 aromatic heterocycles. The second-order valence-corrected chi connectivity index (χ2v) is 8.93. The minimum Gasteiger partial charge on any atom is -0.494 e. The van der Waals surface area contributed by atoms with Crippen molar-refractivity contribution >= 4 is 23.2 Å². The minimum atomic E-state index is -0.621. The Morgan fingerprint density at radius 3 is 2.46 bits per heavy atom. The molecule has 11 heteroatoms. The lowest BCUT2D eigenvalue weighted by Crippen LogP contribution is -2.54. The molecule has 1 aliphatic rings. The zero-order valence-corrected chi connectivity index (χ0v) is 21.1. The van der Waals surface area contributed by atoms with Gasteiger partial charge in [-0.3, -0.25) is 4.79 Å². The van der Waals surface area contributed by atoms with Gasteiger partial charge in [0, 0.05) is 49.0 Å². The van der Waals surface area contributed by atoms with E-state index in [2.05, 4.69) is 39.8 Å². The van der Waals surface area contributed by atoms with Gasteiger partial charge >= 0.3 is 0 Å². The van der Waals surface area contributed by atoms with Crippen LogP contribution < -0.4 is 30.3 Å².